The predicted molar refractivity (Wildman–Crippen MR) is 125 cm³/mol. The van der Waals surface area contributed by atoms with Gasteiger partial charge in [-0.1, -0.05) is 36.4 Å². The summed E-state index contributed by atoms with van der Waals surface area (Å²) < 4.78 is 10.7. The number of hydrogen-bond donors (Lipinski definition) is 2. The molecule has 0 bridgehead atoms. The van der Waals surface area contributed by atoms with E-state index in [0.717, 1.165) is 44.2 Å². The van der Waals surface area contributed by atoms with Gasteiger partial charge in [0, 0.05) is 26.6 Å². The molecule has 1 aliphatic rings. The fourth-order valence-electron chi connectivity index (χ4n) is 3.14. The number of nitrogens with one attached hydrogen (secondary N) is 2. The Kier molecular flexibility index (Phi) is 9.57. The van der Waals surface area contributed by atoms with Gasteiger partial charge in [-0.2, -0.15) is 0 Å². The molecule has 0 aliphatic carbocycles. The SMILES string of the molecule is CCNC(=NCc1ccc(COC)cc1)NCCc1ccc2c(c1)CCO2.I. The van der Waals surface area contributed by atoms with Crippen LogP contribution in [0.15, 0.2) is 47.5 Å². The number of methoxy groups -OCH3 is 1. The third kappa shape index (κ3) is 6.67. The van der Waals surface area contributed by atoms with Gasteiger partial charge < -0.3 is 20.1 Å². The summed E-state index contributed by atoms with van der Waals surface area (Å²) in [6, 6.07) is 14.9. The van der Waals surface area contributed by atoms with Gasteiger partial charge in [-0.3, -0.25) is 0 Å². The first-order valence-corrected chi connectivity index (χ1v) is 9.62. The average molecular weight is 495 g/mol. The molecule has 0 spiro atoms. The molecule has 0 amide bonds. The van der Waals surface area contributed by atoms with Gasteiger partial charge >= 0.3 is 0 Å². The van der Waals surface area contributed by atoms with Crippen molar-refractivity contribution < 1.29 is 9.47 Å². The van der Waals surface area contributed by atoms with Crippen molar-refractivity contribution in [2.75, 3.05) is 26.8 Å². The van der Waals surface area contributed by atoms with Crippen molar-refractivity contribution in [3.63, 3.8) is 0 Å². The summed E-state index contributed by atoms with van der Waals surface area (Å²) >= 11 is 0. The second-order valence-corrected chi connectivity index (χ2v) is 6.66. The zero-order valence-electron chi connectivity index (χ0n) is 16.7. The fraction of sp³-hybridized carbons (Fsp3) is 0.409. The van der Waals surface area contributed by atoms with Gasteiger partial charge in [-0.15, -0.1) is 24.0 Å². The van der Waals surface area contributed by atoms with Crippen molar-refractivity contribution >= 4 is 29.9 Å². The summed E-state index contributed by atoms with van der Waals surface area (Å²) in [5.41, 5.74) is 5.02. The van der Waals surface area contributed by atoms with Gasteiger partial charge in [0.05, 0.1) is 19.8 Å². The molecule has 0 radical (unpaired) electrons. The van der Waals surface area contributed by atoms with Crippen LogP contribution in [0.1, 0.15) is 29.2 Å². The van der Waals surface area contributed by atoms with Crippen LogP contribution >= 0.6 is 24.0 Å². The molecule has 0 saturated heterocycles. The molecule has 28 heavy (non-hydrogen) atoms. The molecule has 2 N–H and O–H groups in total. The van der Waals surface area contributed by atoms with E-state index in [4.69, 9.17) is 14.5 Å². The van der Waals surface area contributed by atoms with E-state index >= 15 is 0 Å². The third-order valence-corrected chi connectivity index (χ3v) is 4.56. The maximum atomic E-state index is 5.57. The molecule has 0 saturated carbocycles. The average Bonchev–Trinajstić information content (AvgIpc) is 3.15. The Hall–Kier alpha value is -1.80. The zero-order chi connectivity index (χ0) is 18.9. The number of ether oxygens (including phenoxy) is 2. The smallest absolute Gasteiger partial charge is 0.191 e. The largest absolute Gasteiger partial charge is 0.493 e. The molecule has 0 unspecified atom stereocenters. The number of fused-ring (bicyclic) bond motifs is 1. The molecule has 152 valence electrons. The Bertz CT molecular complexity index is 763. The Morgan fingerprint density at radius 2 is 1.82 bits per heavy atom. The van der Waals surface area contributed by atoms with Crippen LogP contribution in [0.25, 0.3) is 0 Å². The molecule has 3 rings (SSSR count). The van der Waals surface area contributed by atoms with E-state index in [0.29, 0.717) is 13.2 Å². The van der Waals surface area contributed by atoms with Gasteiger partial charge in [0.25, 0.3) is 0 Å². The molecule has 6 heteroatoms. The summed E-state index contributed by atoms with van der Waals surface area (Å²) in [5, 5.41) is 6.74. The van der Waals surface area contributed by atoms with Crippen molar-refractivity contribution in [3.05, 3.63) is 64.7 Å². The quantitative estimate of drug-likeness (QED) is 0.334. The standard InChI is InChI=1S/C22H29N3O2.HI/c1-3-23-22(25-15-18-4-6-19(7-5-18)16-26-2)24-12-10-17-8-9-21-20(14-17)11-13-27-21;/h4-9,14H,3,10-13,15-16H2,1-2H3,(H2,23,24,25);1H. The summed E-state index contributed by atoms with van der Waals surface area (Å²) in [4.78, 5) is 4.69. The number of benzene rings is 2. The maximum absolute atomic E-state index is 5.57. The van der Waals surface area contributed by atoms with Crippen molar-refractivity contribution in [1.82, 2.24) is 10.6 Å². The van der Waals surface area contributed by atoms with E-state index in [-0.39, 0.29) is 24.0 Å². The van der Waals surface area contributed by atoms with Gasteiger partial charge in [-0.25, -0.2) is 4.99 Å². The van der Waals surface area contributed by atoms with Crippen LogP contribution in [0.3, 0.4) is 0 Å². The second-order valence-electron chi connectivity index (χ2n) is 6.66. The van der Waals surface area contributed by atoms with Crippen LogP contribution in [0.4, 0.5) is 0 Å². The van der Waals surface area contributed by atoms with E-state index in [9.17, 15) is 0 Å². The minimum atomic E-state index is 0. The van der Waals surface area contributed by atoms with Crippen molar-refractivity contribution in [1.29, 1.82) is 0 Å². The first-order chi connectivity index (χ1) is 13.3. The Morgan fingerprint density at radius 3 is 2.57 bits per heavy atom. The maximum Gasteiger partial charge on any atom is 0.191 e. The van der Waals surface area contributed by atoms with Crippen LogP contribution in [0.2, 0.25) is 0 Å². The molecule has 1 heterocycles. The Labute approximate surface area is 184 Å². The molecule has 1 aliphatic heterocycles. The lowest BCUT2D eigenvalue weighted by Gasteiger charge is -2.12. The molecule has 2 aromatic rings. The summed E-state index contributed by atoms with van der Waals surface area (Å²) in [5.74, 6) is 1.89. The fourth-order valence-corrected chi connectivity index (χ4v) is 3.14. The molecular weight excluding hydrogens is 465 g/mol. The van der Waals surface area contributed by atoms with E-state index in [1.165, 1.54) is 22.3 Å². The summed E-state index contributed by atoms with van der Waals surface area (Å²) in [6.45, 7) is 5.87. The topological polar surface area (TPSA) is 54.9 Å². The lowest BCUT2D eigenvalue weighted by molar-refractivity contribution is 0.185. The number of halogens is 1. The predicted octanol–water partition coefficient (Wildman–Crippen LogP) is 3.68. The lowest BCUT2D eigenvalue weighted by atomic mass is 10.1. The number of rotatable bonds is 8. The molecular formula is C22H30IN3O2. The first-order valence-electron chi connectivity index (χ1n) is 9.62. The van der Waals surface area contributed by atoms with E-state index in [1.807, 2.05) is 0 Å². The highest BCUT2D eigenvalue weighted by atomic mass is 127. The zero-order valence-corrected chi connectivity index (χ0v) is 19.0. The second kappa shape index (κ2) is 11.9. The van der Waals surface area contributed by atoms with Crippen molar-refractivity contribution in [2.24, 2.45) is 4.99 Å². The molecule has 0 aromatic heterocycles. The monoisotopic (exact) mass is 495 g/mol. The molecule has 0 fully saturated rings. The normalized spacial score (nSPS) is 12.7. The first kappa shape index (κ1) is 22.5. The molecule has 0 atom stereocenters. The number of nitrogens with zero attached hydrogens (tertiary/aromatic N) is 1. The van der Waals surface area contributed by atoms with E-state index in [2.05, 4.69) is 60.0 Å². The van der Waals surface area contributed by atoms with Crippen LogP contribution in [0, 0.1) is 0 Å². The van der Waals surface area contributed by atoms with Crippen molar-refractivity contribution in [3.8, 4) is 5.75 Å². The molecule has 5 nitrogen and oxygen atoms in total. The summed E-state index contributed by atoms with van der Waals surface area (Å²) in [6.07, 6.45) is 1.98. The minimum Gasteiger partial charge on any atom is -0.493 e. The summed E-state index contributed by atoms with van der Waals surface area (Å²) in [7, 11) is 1.71. The highest BCUT2D eigenvalue weighted by molar-refractivity contribution is 14.0. The minimum absolute atomic E-state index is 0. The number of hydrogen-bond acceptors (Lipinski definition) is 3. The number of guanidine groups is 1. The van der Waals surface area contributed by atoms with Gasteiger partial charge in [-0.05, 0) is 41.7 Å². The van der Waals surface area contributed by atoms with Crippen LogP contribution in [-0.2, 0) is 30.7 Å². The van der Waals surface area contributed by atoms with E-state index < -0.39 is 0 Å². The van der Waals surface area contributed by atoms with Gasteiger partial charge in [0.1, 0.15) is 5.75 Å². The number of aliphatic imine (C=N–C) groups is 1. The highest BCUT2D eigenvalue weighted by Gasteiger charge is 2.11. The molecule has 2 aromatic carbocycles. The van der Waals surface area contributed by atoms with Crippen LogP contribution in [-0.4, -0.2) is 32.8 Å². The Morgan fingerprint density at radius 1 is 1.07 bits per heavy atom. The van der Waals surface area contributed by atoms with Gasteiger partial charge in [0.2, 0.25) is 0 Å². The van der Waals surface area contributed by atoms with Crippen LogP contribution in [0.5, 0.6) is 5.75 Å². The third-order valence-electron chi connectivity index (χ3n) is 4.56. The van der Waals surface area contributed by atoms with Crippen molar-refractivity contribution in [2.45, 2.75) is 32.9 Å². The Balaban J connectivity index is 0.00000280. The van der Waals surface area contributed by atoms with E-state index in [1.54, 1.807) is 7.11 Å². The lowest BCUT2D eigenvalue weighted by Crippen LogP contribution is -2.38. The van der Waals surface area contributed by atoms with Gasteiger partial charge in [0.15, 0.2) is 5.96 Å². The van der Waals surface area contributed by atoms with Crippen LogP contribution < -0.4 is 15.4 Å². The highest BCUT2D eigenvalue weighted by Crippen LogP contribution is 2.25.